The number of allylic oxidation sites excluding steroid dienone is 3. The highest BCUT2D eigenvalue weighted by Crippen LogP contribution is 2.22. The number of H-pyrrole nitrogens is 2. The van der Waals surface area contributed by atoms with Crippen molar-refractivity contribution in [3.63, 3.8) is 0 Å². The second-order valence-corrected chi connectivity index (χ2v) is 11.2. The Morgan fingerprint density at radius 2 is 2.02 bits per heavy atom. The van der Waals surface area contributed by atoms with Crippen LogP contribution in [0.15, 0.2) is 40.1 Å². The van der Waals surface area contributed by atoms with Gasteiger partial charge in [-0.05, 0) is 64.8 Å². The summed E-state index contributed by atoms with van der Waals surface area (Å²) in [6.45, 7) is 11.8. The van der Waals surface area contributed by atoms with Gasteiger partial charge >= 0.3 is 0 Å². The van der Waals surface area contributed by atoms with Gasteiger partial charge in [0, 0.05) is 56.1 Å². The third-order valence-electron chi connectivity index (χ3n) is 8.09. The van der Waals surface area contributed by atoms with E-state index >= 15 is 0 Å². The molecule has 1 aliphatic rings. The number of aromatic nitrogens is 3. The van der Waals surface area contributed by atoms with Crippen molar-refractivity contribution >= 4 is 17.8 Å². The van der Waals surface area contributed by atoms with Crippen LogP contribution >= 0.6 is 0 Å². The molecule has 1 fully saturated rings. The predicted molar refractivity (Wildman–Crippen MR) is 173 cm³/mol. The van der Waals surface area contributed by atoms with Crippen molar-refractivity contribution in [3.8, 4) is 0 Å². The first-order valence-corrected chi connectivity index (χ1v) is 15.4. The summed E-state index contributed by atoms with van der Waals surface area (Å²) in [5, 5.41) is 11.4. The van der Waals surface area contributed by atoms with Gasteiger partial charge in [-0.25, -0.2) is 4.98 Å². The molecule has 2 aromatic heterocycles. The normalized spacial score (nSPS) is 16.9. The van der Waals surface area contributed by atoms with E-state index in [1.807, 2.05) is 30.9 Å². The van der Waals surface area contributed by atoms with E-state index in [2.05, 4.69) is 69.2 Å². The summed E-state index contributed by atoms with van der Waals surface area (Å²) in [5.41, 5.74) is 2.33. The first-order chi connectivity index (χ1) is 20.7. The third-order valence-corrected chi connectivity index (χ3v) is 8.09. The van der Waals surface area contributed by atoms with Gasteiger partial charge in [-0.2, -0.15) is 0 Å². The largest absolute Gasteiger partial charge is 0.395 e. The fourth-order valence-electron chi connectivity index (χ4n) is 5.63. The van der Waals surface area contributed by atoms with Gasteiger partial charge in [0.15, 0.2) is 5.82 Å². The van der Waals surface area contributed by atoms with Crippen molar-refractivity contribution < 1.29 is 9.90 Å². The van der Waals surface area contributed by atoms with E-state index in [1.165, 1.54) is 6.20 Å². The summed E-state index contributed by atoms with van der Waals surface area (Å²) in [6, 6.07) is 2.64. The first kappa shape index (κ1) is 34.0. The van der Waals surface area contributed by atoms with E-state index in [4.69, 9.17) is 5.11 Å². The number of amides is 1. The van der Waals surface area contributed by atoms with Crippen LogP contribution in [0.5, 0.6) is 0 Å². The Balaban J connectivity index is 1.61. The van der Waals surface area contributed by atoms with Gasteiger partial charge in [-0.15, -0.1) is 0 Å². The van der Waals surface area contributed by atoms with Crippen molar-refractivity contribution in [3.05, 3.63) is 73.7 Å². The van der Waals surface area contributed by atoms with E-state index in [1.54, 1.807) is 0 Å². The minimum absolute atomic E-state index is 0.0356. The monoisotopic (exact) mass is 595 g/mol. The number of nitrogens with one attached hydrogen (secondary N) is 3. The second-order valence-electron chi connectivity index (χ2n) is 11.2. The highest BCUT2D eigenvalue weighted by atomic mass is 16.3. The van der Waals surface area contributed by atoms with Crippen LogP contribution in [-0.2, 0) is 6.54 Å². The molecule has 4 N–H and O–H groups in total. The van der Waals surface area contributed by atoms with E-state index in [0.717, 1.165) is 55.6 Å². The summed E-state index contributed by atoms with van der Waals surface area (Å²) in [7, 11) is 2.06. The molecule has 11 heteroatoms. The van der Waals surface area contributed by atoms with Gasteiger partial charge in [0.25, 0.3) is 17.0 Å². The molecule has 1 saturated heterocycles. The van der Waals surface area contributed by atoms with Gasteiger partial charge in [-0.3, -0.25) is 19.3 Å². The summed E-state index contributed by atoms with van der Waals surface area (Å²) in [5.74, 6) is -0.148. The number of aromatic amines is 2. The number of nitrogens with zero attached hydrogens (tertiary/aromatic N) is 4. The van der Waals surface area contributed by atoms with Crippen molar-refractivity contribution in [2.24, 2.45) is 0 Å². The zero-order chi connectivity index (χ0) is 31.4. The van der Waals surface area contributed by atoms with E-state index in [9.17, 15) is 14.4 Å². The molecule has 236 valence electrons. The molecule has 2 unspecified atom stereocenters. The maximum absolute atomic E-state index is 12.8. The van der Waals surface area contributed by atoms with Crippen molar-refractivity contribution in [1.82, 2.24) is 30.1 Å². The minimum Gasteiger partial charge on any atom is -0.395 e. The predicted octanol–water partition coefficient (Wildman–Crippen LogP) is 2.67. The SMILES string of the molecule is C/C=C\CC=Cc1cc(CN(C)CCC(CC)N2CCN(c3ncc(C(=O)NCCO)[nH]c3=O)CC2CC)c(=O)[nH]c1C. The molecule has 2 aromatic rings. The Bertz CT molecular complexity index is 1370. The van der Waals surface area contributed by atoms with Gasteiger partial charge in [0.2, 0.25) is 0 Å². The topological polar surface area (TPSA) is 138 Å². The fourth-order valence-corrected chi connectivity index (χ4v) is 5.63. The molecule has 1 aliphatic heterocycles. The van der Waals surface area contributed by atoms with Crippen molar-refractivity contribution in [1.29, 1.82) is 0 Å². The average Bonchev–Trinajstić information content (AvgIpc) is 3.00. The Labute approximate surface area is 254 Å². The van der Waals surface area contributed by atoms with Gasteiger partial charge in [0.05, 0.1) is 12.8 Å². The van der Waals surface area contributed by atoms with Crippen LogP contribution in [0, 0.1) is 6.92 Å². The summed E-state index contributed by atoms with van der Waals surface area (Å²) < 4.78 is 0. The summed E-state index contributed by atoms with van der Waals surface area (Å²) >= 11 is 0. The lowest BCUT2D eigenvalue weighted by Gasteiger charge is -2.45. The molecule has 2 atom stereocenters. The van der Waals surface area contributed by atoms with Crippen LogP contribution in [0.25, 0.3) is 6.08 Å². The number of aryl methyl sites for hydroxylation is 1. The Morgan fingerprint density at radius 1 is 1.23 bits per heavy atom. The quantitative estimate of drug-likeness (QED) is 0.231. The molecule has 0 radical (unpaired) electrons. The smallest absolute Gasteiger partial charge is 0.291 e. The van der Waals surface area contributed by atoms with E-state index in [-0.39, 0.29) is 30.4 Å². The molecule has 3 heterocycles. The number of carbonyl (C=O) groups excluding carboxylic acids is 1. The van der Waals surface area contributed by atoms with Crippen LogP contribution in [0.1, 0.15) is 73.8 Å². The lowest BCUT2D eigenvalue weighted by atomic mass is 10.0. The molecule has 0 bridgehead atoms. The summed E-state index contributed by atoms with van der Waals surface area (Å²) in [6.07, 6.45) is 13.4. The lowest BCUT2D eigenvalue weighted by Crippen LogP contribution is -2.57. The fraction of sp³-hybridized carbons (Fsp3) is 0.562. The van der Waals surface area contributed by atoms with E-state index in [0.29, 0.717) is 31.5 Å². The zero-order valence-corrected chi connectivity index (χ0v) is 26.4. The average molecular weight is 596 g/mol. The lowest BCUT2D eigenvalue weighted by molar-refractivity contribution is 0.0938. The van der Waals surface area contributed by atoms with Crippen LogP contribution in [0.4, 0.5) is 5.82 Å². The molecule has 3 rings (SSSR count). The standard InChI is InChI=1S/C32H49N7O4/c1-6-9-10-11-12-24-19-25(30(41)35-23(24)4)21-37(5)15-13-26(7-2)39-17-16-38(22-27(39)8-3)29-32(43)36-28(20-34-29)31(42)33-14-18-40/h6,9,11-12,19-20,26-27,40H,7-8,10,13-18,21-22H2,1-5H3,(H,33,42)(H,35,41)(H,36,43)/b9-6-,12-11?. The first-order valence-electron chi connectivity index (χ1n) is 15.4. The van der Waals surface area contributed by atoms with E-state index < -0.39 is 11.5 Å². The Hall–Kier alpha value is -3.54. The number of carbonyl (C=O) groups is 1. The molecule has 0 aromatic carbocycles. The van der Waals surface area contributed by atoms with Crippen LogP contribution in [0.2, 0.25) is 0 Å². The minimum atomic E-state index is -0.471. The Kier molecular flexibility index (Phi) is 13.4. The molecule has 11 nitrogen and oxygen atoms in total. The number of piperazine rings is 1. The number of pyridine rings is 1. The number of aliphatic hydroxyl groups excluding tert-OH is 1. The third kappa shape index (κ3) is 9.47. The highest BCUT2D eigenvalue weighted by Gasteiger charge is 2.32. The van der Waals surface area contributed by atoms with Gasteiger partial charge in [-0.1, -0.05) is 38.2 Å². The van der Waals surface area contributed by atoms with Crippen LogP contribution < -0.4 is 21.3 Å². The number of anilines is 1. The van der Waals surface area contributed by atoms with Crippen LogP contribution in [0.3, 0.4) is 0 Å². The summed E-state index contributed by atoms with van der Waals surface area (Å²) in [4.78, 5) is 54.4. The molecule has 0 spiro atoms. The molecule has 0 aliphatic carbocycles. The molecular formula is C32H49N7O4. The molecule has 43 heavy (non-hydrogen) atoms. The maximum atomic E-state index is 12.8. The second kappa shape index (κ2) is 16.9. The Morgan fingerprint density at radius 3 is 2.70 bits per heavy atom. The number of rotatable bonds is 15. The number of aliphatic hydroxyl groups is 1. The number of hydrogen-bond acceptors (Lipinski definition) is 8. The van der Waals surface area contributed by atoms with Crippen molar-refractivity contribution in [2.45, 2.75) is 72.0 Å². The zero-order valence-electron chi connectivity index (χ0n) is 26.4. The molecule has 1 amide bonds. The van der Waals surface area contributed by atoms with Gasteiger partial charge in [0.1, 0.15) is 5.69 Å². The van der Waals surface area contributed by atoms with Gasteiger partial charge < -0.3 is 30.2 Å². The highest BCUT2D eigenvalue weighted by molar-refractivity contribution is 5.91. The molecule has 0 saturated carbocycles. The maximum Gasteiger partial charge on any atom is 0.291 e. The van der Waals surface area contributed by atoms with Crippen LogP contribution in [-0.4, -0.2) is 94.2 Å². The number of hydrogen-bond donors (Lipinski definition) is 4. The molecular weight excluding hydrogens is 546 g/mol. The van der Waals surface area contributed by atoms with Crippen molar-refractivity contribution in [2.75, 3.05) is 51.3 Å².